The van der Waals surface area contributed by atoms with Crippen LogP contribution in [0.4, 0.5) is 0 Å². The van der Waals surface area contributed by atoms with Crippen molar-refractivity contribution in [2.75, 3.05) is 6.61 Å². The van der Waals surface area contributed by atoms with Crippen molar-refractivity contribution >= 4 is 35.0 Å². The normalized spacial score (nSPS) is 10.9. The highest BCUT2D eigenvalue weighted by molar-refractivity contribution is 6.42. The van der Waals surface area contributed by atoms with Gasteiger partial charge in [-0.25, -0.2) is 4.79 Å². The van der Waals surface area contributed by atoms with Crippen molar-refractivity contribution in [3.8, 4) is 5.69 Å². The van der Waals surface area contributed by atoms with E-state index in [4.69, 9.17) is 32.5 Å². The zero-order valence-electron chi connectivity index (χ0n) is 15.8. The van der Waals surface area contributed by atoms with Gasteiger partial charge in [-0.2, -0.15) is 0 Å². The van der Waals surface area contributed by atoms with E-state index in [0.29, 0.717) is 32.8 Å². The van der Waals surface area contributed by atoms with Gasteiger partial charge in [0.15, 0.2) is 6.61 Å². The number of hydrogen-bond acceptors (Lipinski definition) is 5. The molecule has 0 saturated heterocycles. The van der Waals surface area contributed by atoms with Gasteiger partial charge >= 0.3 is 5.97 Å². The third-order valence-corrected chi connectivity index (χ3v) is 5.20. The van der Waals surface area contributed by atoms with Crippen LogP contribution < -0.4 is 0 Å². The molecule has 6 nitrogen and oxygen atoms in total. The van der Waals surface area contributed by atoms with Crippen LogP contribution in [-0.2, 0) is 4.74 Å². The Morgan fingerprint density at radius 3 is 2.43 bits per heavy atom. The van der Waals surface area contributed by atoms with Crippen molar-refractivity contribution in [3.05, 3.63) is 68.3 Å². The number of esters is 1. The van der Waals surface area contributed by atoms with Gasteiger partial charge in [0, 0.05) is 22.6 Å². The monoisotopic (exact) mass is 420 g/mol. The lowest BCUT2D eigenvalue weighted by Gasteiger charge is -2.11. The van der Waals surface area contributed by atoms with E-state index in [1.54, 1.807) is 32.0 Å². The quantitative estimate of drug-likeness (QED) is 0.426. The highest BCUT2D eigenvalue weighted by Crippen LogP contribution is 2.28. The summed E-state index contributed by atoms with van der Waals surface area (Å²) < 4.78 is 12.0. The van der Waals surface area contributed by atoms with Crippen LogP contribution in [0, 0.1) is 27.7 Å². The summed E-state index contributed by atoms with van der Waals surface area (Å²) in [6.07, 6.45) is 0. The van der Waals surface area contributed by atoms with E-state index in [1.807, 2.05) is 24.5 Å². The van der Waals surface area contributed by atoms with Gasteiger partial charge in [-0.1, -0.05) is 28.4 Å². The maximum atomic E-state index is 12.7. The zero-order chi connectivity index (χ0) is 20.6. The average Bonchev–Trinajstić information content (AvgIpc) is 3.13. The number of carbonyl (C=O) groups excluding carboxylic acids is 2. The number of halogens is 2. The van der Waals surface area contributed by atoms with Gasteiger partial charge in [0.25, 0.3) is 0 Å². The smallest absolute Gasteiger partial charge is 0.344 e. The molecule has 0 aliphatic rings. The van der Waals surface area contributed by atoms with Crippen molar-refractivity contribution in [3.63, 3.8) is 0 Å². The van der Waals surface area contributed by atoms with Gasteiger partial charge < -0.3 is 13.8 Å². The van der Waals surface area contributed by atoms with E-state index in [-0.39, 0.29) is 18.0 Å². The molecule has 0 aliphatic heterocycles. The lowest BCUT2D eigenvalue weighted by Crippen LogP contribution is -2.16. The second kappa shape index (κ2) is 7.81. The van der Waals surface area contributed by atoms with Gasteiger partial charge in [-0.05, 0) is 52.0 Å². The van der Waals surface area contributed by atoms with Crippen molar-refractivity contribution in [1.82, 2.24) is 9.72 Å². The number of aryl methyl sites for hydroxylation is 3. The summed E-state index contributed by atoms with van der Waals surface area (Å²) in [5, 5.41) is 4.59. The molecule has 3 rings (SSSR count). The van der Waals surface area contributed by atoms with E-state index in [0.717, 1.165) is 11.4 Å². The number of carbonyl (C=O) groups is 2. The molecule has 2 heterocycles. The molecule has 0 amide bonds. The fourth-order valence-corrected chi connectivity index (χ4v) is 3.41. The molecule has 0 bridgehead atoms. The average molecular weight is 421 g/mol. The summed E-state index contributed by atoms with van der Waals surface area (Å²) in [7, 11) is 0. The lowest BCUT2D eigenvalue weighted by molar-refractivity contribution is 0.0472. The molecular formula is C20H18Cl2N2O4. The molecule has 0 atom stereocenters. The minimum Gasteiger partial charge on any atom is -0.454 e. The number of rotatable bonds is 5. The number of aromatic nitrogens is 2. The summed E-state index contributed by atoms with van der Waals surface area (Å²) in [4.78, 5) is 24.9. The first-order chi connectivity index (χ1) is 13.2. The molecule has 0 saturated carbocycles. The number of nitrogens with zero attached hydrogens (tertiary/aromatic N) is 2. The summed E-state index contributed by atoms with van der Waals surface area (Å²) in [5.74, 6) is -0.588. The molecule has 28 heavy (non-hydrogen) atoms. The number of Topliss-reactive ketones (excluding diaryl/α,β-unsaturated/α-hetero) is 1. The van der Waals surface area contributed by atoms with Crippen LogP contribution >= 0.6 is 23.2 Å². The molecule has 0 spiro atoms. The van der Waals surface area contributed by atoms with E-state index in [9.17, 15) is 9.59 Å². The molecule has 0 fully saturated rings. The highest BCUT2D eigenvalue weighted by Gasteiger charge is 2.22. The Bertz CT molecular complexity index is 1060. The Morgan fingerprint density at radius 2 is 1.82 bits per heavy atom. The van der Waals surface area contributed by atoms with Crippen LogP contribution in [0.5, 0.6) is 0 Å². The topological polar surface area (TPSA) is 74.3 Å². The van der Waals surface area contributed by atoms with E-state index in [1.165, 1.54) is 0 Å². The van der Waals surface area contributed by atoms with Crippen LogP contribution in [0.15, 0.2) is 28.8 Å². The Labute approximate surface area is 172 Å². The molecule has 1 aromatic carbocycles. The van der Waals surface area contributed by atoms with Crippen LogP contribution in [0.25, 0.3) is 5.69 Å². The largest absolute Gasteiger partial charge is 0.454 e. The van der Waals surface area contributed by atoms with Crippen LogP contribution in [0.2, 0.25) is 10.0 Å². The number of ether oxygens (including phenoxy) is 1. The third kappa shape index (κ3) is 3.70. The first-order valence-corrected chi connectivity index (χ1v) is 9.24. The standard InChI is InChI=1S/C20H18Cl2N2O4/c1-10-7-15(12(3)24(10)14-5-6-16(21)17(22)8-14)18(25)9-27-20(26)19-11(2)23-28-13(19)4/h5-8H,9H2,1-4H3. The molecule has 3 aromatic rings. The molecule has 0 unspecified atom stereocenters. The molecular weight excluding hydrogens is 403 g/mol. The predicted octanol–water partition coefficient (Wildman–Crippen LogP) is 5.05. The minimum absolute atomic E-state index is 0.245. The Morgan fingerprint density at radius 1 is 1.11 bits per heavy atom. The van der Waals surface area contributed by atoms with Crippen molar-refractivity contribution in [1.29, 1.82) is 0 Å². The van der Waals surface area contributed by atoms with Gasteiger partial charge in [-0.15, -0.1) is 0 Å². The summed E-state index contributed by atoms with van der Waals surface area (Å²) in [5.41, 5.74) is 3.48. The Hall–Kier alpha value is -2.57. The summed E-state index contributed by atoms with van der Waals surface area (Å²) in [6, 6.07) is 7.00. The fourth-order valence-electron chi connectivity index (χ4n) is 3.12. The molecule has 0 N–H and O–H groups in total. The van der Waals surface area contributed by atoms with Gasteiger partial charge in [-0.3, -0.25) is 4.79 Å². The summed E-state index contributed by atoms with van der Waals surface area (Å²) in [6.45, 7) is 6.57. The second-order valence-electron chi connectivity index (χ2n) is 6.42. The maximum absolute atomic E-state index is 12.7. The number of hydrogen-bond donors (Lipinski definition) is 0. The van der Waals surface area contributed by atoms with Crippen molar-refractivity contribution in [2.24, 2.45) is 0 Å². The fraction of sp³-hybridized carbons (Fsp3) is 0.250. The molecule has 8 heteroatoms. The number of ketones is 1. The maximum Gasteiger partial charge on any atom is 0.344 e. The van der Waals surface area contributed by atoms with E-state index >= 15 is 0 Å². The molecule has 0 radical (unpaired) electrons. The highest BCUT2D eigenvalue weighted by atomic mass is 35.5. The SMILES string of the molecule is Cc1noc(C)c1C(=O)OCC(=O)c1cc(C)n(-c2ccc(Cl)c(Cl)c2)c1C. The third-order valence-electron chi connectivity index (χ3n) is 4.46. The molecule has 146 valence electrons. The summed E-state index contributed by atoms with van der Waals surface area (Å²) >= 11 is 12.1. The van der Waals surface area contributed by atoms with Gasteiger partial charge in [0.2, 0.25) is 5.78 Å². The lowest BCUT2D eigenvalue weighted by atomic mass is 10.1. The Kier molecular flexibility index (Phi) is 5.63. The van der Waals surface area contributed by atoms with Gasteiger partial charge in [0.05, 0.1) is 15.7 Å². The molecule has 0 aliphatic carbocycles. The zero-order valence-corrected chi connectivity index (χ0v) is 17.3. The predicted molar refractivity (Wildman–Crippen MR) is 106 cm³/mol. The van der Waals surface area contributed by atoms with Gasteiger partial charge in [0.1, 0.15) is 11.3 Å². The second-order valence-corrected chi connectivity index (χ2v) is 7.23. The minimum atomic E-state index is -0.636. The first kappa shape index (κ1) is 20.2. The van der Waals surface area contributed by atoms with E-state index < -0.39 is 5.97 Å². The molecule has 2 aromatic heterocycles. The van der Waals surface area contributed by atoms with Crippen molar-refractivity contribution in [2.45, 2.75) is 27.7 Å². The van der Waals surface area contributed by atoms with Crippen LogP contribution in [0.3, 0.4) is 0 Å². The van der Waals surface area contributed by atoms with Crippen molar-refractivity contribution < 1.29 is 18.8 Å². The number of benzene rings is 1. The Balaban J connectivity index is 1.81. The first-order valence-electron chi connectivity index (χ1n) is 8.48. The van der Waals surface area contributed by atoms with E-state index in [2.05, 4.69) is 5.16 Å². The van der Waals surface area contributed by atoms with Crippen LogP contribution in [-0.4, -0.2) is 28.1 Å². The van der Waals surface area contributed by atoms with Crippen LogP contribution in [0.1, 0.15) is 43.6 Å².